The van der Waals surface area contributed by atoms with Crippen molar-refractivity contribution in [1.82, 2.24) is 3.12 Å². The zero-order valence-corrected chi connectivity index (χ0v) is 12.0. The lowest BCUT2D eigenvalue weighted by Gasteiger charge is -2.25. The van der Waals surface area contributed by atoms with Gasteiger partial charge in [-0.15, -0.1) is 0 Å². The first kappa shape index (κ1) is 23.9. The molecule has 0 saturated carbocycles. The molecule has 0 bridgehead atoms. The molecule has 0 saturated heterocycles. The Morgan fingerprint density at radius 3 is 1.37 bits per heavy atom. The molecule has 14 heteroatoms. The predicted molar refractivity (Wildman–Crippen MR) is 57.7 cm³/mol. The second kappa shape index (κ2) is 9.71. The normalized spacial score (nSPS) is 14.9. The van der Waals surface area contributed by atoms with E-state index in [0.717, 1.165) is 0 Å². The molecule has 0 aliphatic rings. The van der Waals surface area contributed by atoms with E-state index >= 15 is 0 Å². The van der Waals surface area contributed by atoms with Crippen LogP contribution in [0.4, 0.5) is 17.9 Å². The van der Waals surface area contributed by atoms with Gasteiger partial charge in [0.25, 0.3) is 0 Å². The first-order valence-electron chi connectivity index (χ1n) is 4.23. The van der Waals surface area contributed by atoms with Crippen LogP contribution in [0.3, 0.4) is 0 Å². The van der Waals surface area contributed by atoms with Crippen LogP contribution in [0.1, 0.15) is 26.7 Å². The van der Waals surface area contributed by atoms with E-state index in [1.54, 1.807) is 0 Å². The zero-order chi connectivity index (χ0) is 15.1. The van der Waals surface area contributed by atoms with E-state index in [2.05, 4.69) is 13.8 Å². The van der Waals surface area contributed by atoms with Gasteiger partial charge >= 0.3 is 15.5 Å². The molecule has 0 rings (SSSR count). The van der Waals surface area contributed by atoms with Crippen LogP contribution in [0.15, 0.2) is 0 Å². The summed E-state index contributed by atoms with van der Waals surface area (Å²) in [6.45, 7) is 4.36. The summed E-state index contributed by atoms with van der Waals surface area (Å²) in [4.78, 5) is 0. The van der Waals surface area contributed by atoms with Gasteiger partial charge in [0.2, 0.25) is 0 Å². The Labute approximate surface area is 112 Å². The molecular weight excluding hydrogens is 342 g/mol. The van der Waals surface area contributed by atoms with Gasteiger partial charge < -0.3 is 9.11 Å². The van der Waals surface area contributed by atoms with Crippen molar-refractivity contribution in [3.63, 3.8) is 0 Å². The fourth-order valence-electron chi connectivity index (χ4n) is 0.294. The molecule has 120 valence electrons. The smallest absolute Gasteiger partial charge is 0.513 e. The van der Waals surface area contributed by atoms with Gasteiger partial charge in [-0.2, -0.15) is 13.2 Å². The molecule has 0 N–H and O–H groups in total. The summed E-state index contributed by atoms with van der Waals surface area (Å²) in [7, 11) is -6.43. The number of hydrogen-bond donors (Lipinski definition) is 0. The summed E-state index contributed by atoms with van der Waals surface area (Å²) >= 11 is -8.17. The molecule has 19 heavy (non-hydrogen) atoms. The van der Waals surface area contributed by atoms with Crippen molar-refractivity contribution in [2.24, 2.45) is 0 Å². The quantitative estimate of drug-likeness (QED) is 0.542. The summed E-state index contributed by atoms with van der Waals surface area (Å²) < 4.78 is 93.2. The number of rotatable bonds is 4. The van der Waals surface area contributed by atoms with E-state index in [-0.39, 0.29) is 4.70 Å². The number of unbranched alkanes of at least 4 members (excludes halogenated alkanes) is 1. The standard InChI is InChI=1S/C4H10.CH2F3NO6S3.FH/c1-3-4-2;2-1(3,4)14(10,11)5(12(6)7)13(8)9;/h3-4H2,1-2H3;(H,6,7)(H,8,9);1H/p-2. The van der Waals surface area contributed by atoms with E-state index in [9.17, 15) is 39.1 Å². The summed E-state index contributed by atoms with van der Waals surface area (Å²) in [5, 5.41) is 0. The van der Waals surface area contributed by atoms with Gasteiger partial charge in [0.15, 0.2) is 0 Å². The molecule has 0 aromatic rings. The van der Waals surface area contributed by atoms with Crippen LogP contribution in [0.25, 0.3) is 0 Å². The number of alkyl halides is 3. The van der Waals surface area contributed by atoms with Crippen molar-refractivity contribution in [2.45, 2.75) is 32.2 Å². The monoisotopic (exact) mass is 353 g/mol. The Balaban J connectivity index is -0.000000448. The second-order valence-corrected chi connectivity index (χ2v) is 6.65. The van der Waals surface area contributed by atoms with Crippen LogP contribution in [0, 0.1) is 0 Å². The van der Waals surface area contributed by atoms with Gasteiger partial charge in [-0.05, 0) is 3.12 Å². The molecule has 0 radical (unpaired) electrons. The van der Waals surface area contributed by atoms with Crippen molar-refractivity contribution < 1.29 is 43.8 Å². The molecule has 7 nitrogen and oxygen atoms in total. The van der Waals surface area contributed by atoms with Gasteiger partial charge in [0, 0.05) is 22.5 Å². The minimum atomic E-state index is -6.43. The van der Waals surface area contributed by atoms with Crippen LogP contribution in [0.5, 0.6) is 0 Å². The van der Waals surface area contributed by atoms with Gasteiger partial charge in [-0.25, -0.2) is 8.42 Å². The van der Waals surface area contributed by atoms with Crippen LogP contribution in [-0.2, 0) is 32.6 Å². The first-order chi connectivity index (χ1) is 7.93. The Morgan fingerprint density at radius 1 is 1.05 bits per heavy atom. The summed E-state index contributed by atoms with van der Waals surface area (Å²) in [5.74, 6) is 0. The average molecular weight is 353 g/mol. The predicted octanol–water partition coefficient (Wildman–Crippen LogP) is 0.685. The average Bonchev–Trinajstić information content (AvgIpc) is 2.14. The molecule has 2 unspecified atom stereocenters. The van der Waals surface area contributed by atoms with Gasteiger partial charge in [0.05, 0.1) is 0 Å². The highest BCUT2D eigenvalue weighted by Crippen LogP contribution is 2.27. The van der Waals surface area contributed by atoms with Crippen LogP contribution >= 0.6 is 0 Å². The number of halogens is 4. The van der Waals surface area contributed by atoms with E-state index < -0.39 is 41.2 Å². The van der Waals surface area contributed by atoms with Gasteiger partial charge in [0.1, 0.15) is 0 Å². The van der Waals surface area contributed by atoms with Crippen molar-refractivity contribution >= 4 is 32.6 Å². The zero-order valence-electron chi connectivity index (χ0n) is 9.58. The highest BCUT2D eigenvalue weighted by atomic mass is 32.3. The van der Waals surface area contributed by atoms with E-state index in [0.29, 0.717) is 0 Å². The Bertz CT molecular complexity index is 380. The minimum Gasteiger partial charge on any atom is -0.758 e. The fourth-order valence-corrected chi connectivity index (χ4v) is 2.65. The Morgan fingerprint density at radius 2 is 1.32 bits per heavy atom. The lowest BCUT2D eigenvalue weighted by atomic mass is 10.4. The van der Waals surface area contributed by atoms with Crippen molar-refractivity contribution in [2.75, 3.05) is 0 Å². The lowest BCUT2D eigenvalue weighted by Crippen LogP contribution is -2.42. The fraction of sp³-hybridized carbons (Fsp3) is 1.00. The lowest BCUT2D eigenvalue weighted by molar-refractivity contribution is -0.0457. The first-order valence-corrected chi connectivity index (χ1v) is 7.74. The molecule has 0 spiro atoms. The highest BCUT2D eigenvalue weighted by molar-refractivity contribution is 8.11. The van der Waals surface area contributed by atoms with Gasteiger partial charge in [-0.3, -0.25) is 13.1 Å². The molecule has 0 aliphatic carbocycles. The SMILES string of the molecule is CCCC.F.O=S([O-])N(S(=O)[O-])S(=O)(=O)C(F)(F)F. The molecule has 0 heterocycles. The summed E-state index contributed by atoms with van der Waals surface area (Å²) in [6.07, 6.45) is 2.64. The van der Waals surface area contributed by atoms with E-state index in [1.807, 2.05) is 0 Å². The molecule has 0 aromatic heterocycles. The molecule has 0 fully saturated rings. The van der Waals surface area contributed by atoms with Crippen LogP contribution in [-0.4, -0.2) is 34.6 Å². The van der Waals surface area contributed by atoms with Crippen LogP contribution in [0.2, 0.25) is 0 Å². The largest absolute Gasteiger partial charge is 0.758 e. The van der Waals surface area contributed by atoms with Crippen LogP contribution < -0.4 is 0 Å². The second-order valence-electron chi connectivity index (χ2n) is 2.58. The minimum absolute atomic E-state index is 0. The third-order valence-corrected chi connectivity index (χ3v) is 5.33. The maximum Gasteiger partial charge on any atom is 0.513 e. The number of hydrogen-bond acceptors (Lipinski definition) is 6. The van der Waals surface area contributed by atoms with Crippen molar-refractivity contribution in [3.05, 3.63) is 0 Å². The molecular formula is C5H11F4NO6S3-2. The molecule has 0 aromatic carbocycles. The van der Waals surface area contributed by atoms with Gasteiger partial charge in [-0.1, -0.05) is 26.7 Å². The molecule has 0 amide bonds. The Kier molecular flexibility index (Phi) is 12.2. The topological polar surface area (TPSA) is 118 Å². The third kappa shape index (κ3) is 7.88. The van der Waals surface area contributed by atoms with Crippen molar-refractivity contribution in [1.29, 1.82) is 0 Å². The van der Waals surface area contributed by atoms with Crippen molar-refractivity contribution in [3.8, 4) is 0 Å². The number of nitrogens with zero attached hydrogens (tertiary/aromatic N) is 1. The van der Waals surface area contributed by atoms with E-state index in [1.165, 1.54) is 12.8 Å². The maximum atomic E-state index is 11.6. The Hall–Kier alpha value is -0.150. The third-order valence-electron chi connectivity index (χ3n) is 1.23. The highest BCUT2D eigenvalue weighted by Gasteiger charge is 2.51. The maximum absolute atomic E-state index is 11.6. The summed E-state index contributed by atoms with van der Waals surface area (Å²) in [5.41, 5.74) is -6.01. The summed E-state index contributed by atoms with van der Waals surface area (Å²) in [6, 6.07) is 0. The number of sulfonamides is 1. The molecule has 2 atom stereocenters. The molecule has 0 aliphatic heterocycles. The van der Waals surface area contributed by atoms with E-state index in [4.69, 9.17) is 0 Å².